The highest BCUT2D eigenvalue weighted by atomic mass is 31.1. The van der Waals surface area contributed by atoms with Gasteiger partial charge in [-0.25, -0.2) is 0 Å². The first kappa shape index (κ1) is 16.3. The lowest BCUT2D eigenvalue weighted by Crippen LogP contribution is -2.21. The van der Waals surface area contributed by atoms with Gasteiger partial charge in [0.05, 0.1) is 5.69 Å². The van der Waals surface area contributed by atoms with E-state index in [0.29, 0.717) is 0 Å². The molecule has 0 N–H and O–H groups in total. The summed E-state index contributed by atoms with van der Waals surface area (Å²) in [4.78, 5) is 4.60. The molecule has 25 heavy (non-hydrogen) atoms. The molecule has 126 valence electrons. The average molecular weight is 347 g/mol. The van der Waals surface area contributed by atoms with Crippen molar-refractivity contribution in [2.75, 3.05) is 0 Å². The van der Waals surface area contributed by atoms with Crippen molar-refractivity contribution < 1.29 is 4.74 Å². The first-order valence-electron chi connectivity index (χ1n) is 8.61. The third-order valence-corrected chi connectivity index (χ3v) is 7.69. The predicted octanol–water partition coefficient (Wildman–Crippen LogP) is 5.75. The van der Waals surface area contributed by atoms with Crippen LogP contribution in [0.5, 0.6) is 5.75 Å². The molecular formula is C22H22NOP. The molecule has 0 spiro atoms. The Labute approximate surface area is 150 Å². The standard InChI is InChI=1S/C22H22NOP/c1-22(2,3)25-20-17(16-10-5-4-6-11-16)12-9-14-19(20)24-21(25)18-13-7-8-15-23-18/h4-15,21H,1-3H3/t21-,25?/m1/s1. The van der Waals surface area contributed by atoms with Crippen LogP contribution in [0.15, 0.2) is 72.9 Å². The Morgan fingerprint density at radius 1 is 0.880 bits per heavy atom. The van der Waals surface area contributed by atoms with Crippen molar-refractivity contribution in [1.82, 2.24) is 4.98 Å². The van der Waals surface area contributed by atoms with E-state index in [1.165, 1.54) is 16.4 Å². The Morgan fingerprint density at radius 2 is 1.64 bits per heavy atom. The second-order valence-corrected chi connectivity index (χ2v) is 10.3. The molecule has 1 aliphatic rings. The number of aromatic nitrogens is 1. The number of hydrogen-bond acceptors (Lipinski definition) is 2. The SMILES string of the molecule is CC(C)(C)P1c2c(cccc2-c2ccccc2)O[C@H]1c1ccccn1. The molecule has 2 nitrogen and oxygen atoms in total. The van der Waals surface area contributed by atoms with Gasteiger partial charge in [0.15, 0.2) is 5.85 Å². The van der Waals surface area contributed by atoms with E-state index in [1.54, 1.807) is 0 Å². The first-order valence-corrected chi connectivity index (χ1v) is 10.0. The largest absolute Gasteiger partial charge is 0.479 e. The van der Waals surface area contributed by atoms with Crippen LogP contribution in [0.1, 0.15) is 32.3 Å². The van der Waals surface area contributed by atoms with Crippen molar-refractivity contribution in [2.24, 2.45) is 0 Å². The van der Waals surface area contributed by atoms with Crippen LogP contribution < -0.4 is 10.0 Å². The maximum absolute atomic E-state index is 6.46. The number of ether oxygens (including phenoxy) is 1. The van der Waals surface area contributed by atoms with E-state index in [4.69, 9.17) is 4.74 Å². The molecule has 1 unspecified atom stereocenters. The fraction of sp³-hybridized carbons (Fsp3) is 0.227. The van der Waals surface area contributed by atoms with Crippen LogP contribution in [0.3, 0.4) is 0 Å². The highest BCUT2D eigenvalue weighted by Crippen LogP contribution is 2.65. The number of benzene rings is 2. The van der Waals surface area contributed by atoms with Crippen LogP contribution in [0.4, 0.5) is 0 Å². The number of hydrogen-bond donors (Lipinski definition) is 0. The Kier molecular flexibility index (Phi) is 4.09. The number of nitrogens with zero attached hydrogens (tertiary/aromatic N) is 1. The highest BCUT2D eigenvalue weighted by molar-refractivity contribution is 7.68. The normalized spacial score (nSPS) is 19.3. The van der Waals surface area contributed by atoms with Crippen LogP contribution in [0, 0.1) is 0 Å². The molecule has 0 amide bonds. The van der Waals surface area contributed by atoms with Crippen molar-refractivity contribution in [3.63, 3.8) is 0 Å². The van der Waals surface area contributed by atoms with Gasteiger partial charge in [-0.1, -0.05) is 69.3 Å². The zero-order valence-electron chi connectivity index (χ0n) is 14.8. The minimum absolute atomic E-state index is 0.0102. The molecule has 1 aromatic heterocycles. The molecule has 3 heteroatoms. The summed E-state index contributed by atoms with van der Waals surface area (Å²) in [5, 5.41) is 1.49. The molecule has 0 saturated heterocycles. The predicted molar refractivity (Wildman–Crippen MR) is 106 cm³/mol. The topological polar surface area (TPSA) is 22.1 Å². The van der Waals surface area contributed by atoms with E-state index in [9.17, 15) is 0 Å². The molecule has 0 fully saturated rings. The maximum Gasteiger partial charge on any atom is 0.163 e. The molecule has 4 rings (SSSR count). The molecule has 0 saturated carbocycles. The molecule has 0 bridgehead atoms. The number of rotatable bonds is 2. The van der Waals surface area contributed by atoms with Crippen molar-refractivity contribution in [3.8, 4) is 16.9 Å². The smallest absolute Gasteiger partial charge is 0.163 e. The van der Waals surface area contributed by atoms with Gasteiger partial charge in [-0.05, 0) is 42.4 Å². The zero-order valence-corrected chi connectivity index (χ0v) is 15.7. The van der Waals surface area contributed by atoms with E-state index in [0.717, 1.165) is 11.4 Å². The molecule has 2 heterocycles. The Balaban J connectivity index is 1.90. The zero-order chi connectivity index (χ0) is 17.4. The van der Waals surface area contributed by atoms with E-state index in [-0.39, 0.29) is 11.0 Å². The second kappa shape index (κ2) is 6.28. The Bertz CT molecular complexity index is 872. The number of fused-ring (bicyclic) bond motifs is 1. The summed E-state index contributed by atoms with van der Waals surface area (Å²) in [6.45, 7) is 6.94. The summed E-state index contributed by atoms with van der Waals surface area (Å²) in [6, 6.07) is 23.1. The van der Waals surface area contributed by atoms with E-state index in [1.807, 2.05) is 18.3 Å². The summed E-state index contributed by atoms with van der Waals surface area (Å²) in [6.07, 6.45) is 1.86. The molecule has 3 aromatic rings. The summed E-state index contributed by atoms with van der Waals surface area (Å²) in [7, 11) is -0.571. The minimum atomic E-state index is -0.571. The third-order valence-electron chi connectivity index (χ3n) is 4.46. The van der Waals surface area contributed by atoms with Crippen LogP contribution >= 0.6 is 7.92 Å². The molecule has 0 radical (unpaired) electrons. The van der Waals surface area contributed by atoms with Gasteiger partial charge in [-0.2, -0.15) is 0 Å². The van der Waals surface area contributed by atoms with Crippen LogP contribution in [0.2, 0.25) is 0 Å². The molecule has 1 aliphatic heterocycles. The summed E-state index contributed by atoms with van der Waals surface area (Å²) >= 11 is 0. The van der Waals surface area contributed by atoms with Gasteiger partial charge in [0.1, 0.15) is 5.75 Å². The van der Waals surface area contributed by atoms with E-state index < -0.39 is 7.92 Å². The van der Waals surface area contributed by atoms with Crippen LogP contribution in [-0.4, -0.2) is 10.1 Å². The monoisotopic (exact) mass is 347 g/mol. The number of pyridine rings is 1. The van der Waals surface area contributed by atoms with Gasteiger partial charge in [0.25, 0.3) is 0 Å². The van der Waals surface area contributed by atoms with Gasteiger partial charge >= 0.3 is 0 Å². The van der Waals surface area contributed by atoms with Crippen molar-refractivity contribution in [3.05, 3.63) is 78.6 Å². The lowest BCUT2D eigenvalue weighted by Gasteiger charge is -2.32. The first-order chi connectivity index (χ1) is 12.1. The van der Waals surface area contributed by atoms with Crippen molar-refractivity contribution in [1.29, 1.82) is 0 Å². The molecular weight excluding hydrogens is 325 g/mol. The van der Waals surface area contributed by atoms with Gasteiger partial charge in [-0.3, -0.25) is 4.98 Å². The van der Waals surface area contributed by atoms with Crippen LogP contribution in [-0.2, 0) is 0 Å². The van der Waals surface area contributed by atoms with Crippen LogP contribution in [0.25, 0.3) is 11.1 Å². The lowest BCUT2D eigenvalue weighted by atomic mass is 10.1. The fourth-order valence-electron chi connectivity index (χ4n) is 3.41. The second-order valence-electron chi connectivity index (χ2n) is 7.28. The van der Waals surface area contributed by atoms with Crippen molar-refractivity contribution in [2.45, 2.75) is 31.8 Å². The van der Waals surface area contributed by atoms with Gasteiger partial charge < -0.3 is 4.74 Å². The average Bonchev–Trinajstić information content (AvgIpc) is 3.03. The Morgan fingerprint density at radius 3 is 2.32 bits per heavy atom. The van der Waals surface area contributed by atoms with Gasteiger partial charge in [0, 0.05) is 11.5 Å². The Hall–Kier alpha value is -2.18. The molecule has 0 aliphatic carbocycles. The van der Waals surface area contributed by atoms with Gasteiger partial charge in [-0.15, -0.1) is 0 Å². The molecule has 2 aromatic carbocycles. The van der Waals surface area contributed by atoms with Gasteiger partial charge in [0.2, 0.25) is 0 Å². The highest BCUT2D eigenvalue weighted by Gasteiger charge is 2.44. The summed E-state index contributed by atoms with van der Waals surface area (Å²) < 4.78 is 6.46. The summed E-state index contributed by atoms with van der Waals surface area (Å²) in [5.41, 5.74) is 3.57. The quantitative estimate of drug-likeness (QED) is 0.551. The van der Waals surface area contributed by atoms with E-state index >= 15 is 0 Å². The van der Waals surface area contributed by atoms with Crippen molar-refractivity contribution >= 4 is 13.2 Å². The fourth-order valence-corrected chi connectivity index (χ4v) is 6.48. The maximum atomic E-state index is 6.46. The summed E-state index contributed by atoms with van der Waals surface area (Å²) in [5.74, 6) is 1.02. The lowest BCUT2D eigenvalue weighted by molar-refractivity contribution is 0.295. The molecule has 2 atom stereocenters. The van der Waals surface area contributed by atoms with E-state index in [2.05, 4.69) is 80.4 Å². The third kappa shape index (κ3) is 2.96. The minimum Gasteiger partial charge on any atom is -0.479 e.